The van der Waals surface area contributed by atoms with E-state index < -0.39 is 0 Å². The van der Waals surface area contributed by atoms with Crippen LogP contribution in [0.1, 0.15) is 27.6 Å². The average molecular weight is 387 g/mol. The fourth-order valence-electron chi connectivity index (χ4n) is 3.22. The van der Waals surface area contributed by atoms with Crippen LogP contribution >= 0.6 is 0 Å². The molecule has 2 heterocycles. The van der Waals surface area contributed by atoms with Gasteiger partial charge in [-0.2, -0.15) is 0 Å². The minimum absolute atomic E-state index is 0.101. The molecule has 1 N–H and O–H groups in total. The number of amides is 2. The number of ether oxygens (including phenoxy) is 2. The van der Waals surface area contributed by atoms with Crippen molar-refractivity contribution in [2.45, 2.75) is 6.92 Å². The predicted octanol–water partition coefficient (Wildman–Crippen LogP) is 2.33. The van der Waals surface area contributed by atoms with Crippen molar-refractivity contribution in [3.8, 4) is 11.5 Å². The fourth-order valence-corrected chi connectivity index (χ4v) is 3.22. The highest BCUT2D eigenvalue weighted by atomic mass is 16.5. The van der Waals surface area contributed by atoms with Crippen LogP contribution in [0.2, 0.25) is 0 Å². The third-order valence-corrected chi connectivity index (χ3v) is 4.86. The monoisotopic (exact) mass is 387 g/mol. The largest absolute Gasteiger partial charge is 0.493 e. The van der Waals surface area contributed by atoms with Gasteiger partial charge >= 0.3 is 0 Å². The first kappa shape index (κ1) is 19.8. The van der Waals surface area contributed by atoms with E-state index >= 15 is 0 Å². The van der Waals surface area contributed by atoms with Gasteiger partial charge in [-0.3, -0.25) is 9.59 Å². The van der Waals surface area contributed by atoms with Gasteiger partial charge in [-0.05, 0) is 24.7 Å². The van der Waals surface area contributed by atoms with E-state index in [1.807, 2.05) is 4.90 Å². The summed E-state index contributed by atoms with van der Waals surface area (Å²) >= 11 is 0. The maximum absolute atomic E-state index is 13.0. The second kappa shape index (κ2) is 8.79. The third-order valence-electron chi connectivity index (χ3n) is 4.86. The van der Waals surface area contributed by atoms with Gasteiger partial charge in [0.1, 0.15) is 6.26 Å². The molecule has 0 unspecified atom stereocenters. The number of nitrogens with zero attached hydrogens (tertiary/aromatic N) is 2. The highest BCUT2D eigenvalue weighted by Crippen LogP contribution is 2.37. The number of rotatable bonds is 6. The van der Waals surface area contributed by atoms with Crippen LogP contribution in [0.5, 0.6) is 11.5 Å². The van der Waals surface area contributed by atoms with Crippen molar-refractivity contribution in [3.63, 3.8) is 0 Å². The molecule has 1 aromatic carbocycles. The van der Waals surface area contributed by atoms with E-state index in [2.05, 4.69) is 17.1 Å². The fraction of sp³-hybridized carbons (Fsp3) is 0.400. The summed E-state index contributed by atoms with van der Waals surface area (Å²) in [6.45, 7) is 6.11. The number of carbonyl (C=O) groups is 2. The summed E-state index contributed by atoms with van der Waals surface area (Å²) < 4.78 is 15.7. The van der Waals surface area contributed by atoms with E-state index in [4.69, 9.17) is 13.9 Å². The summed E-state index contributed by atoms with van der Waals surface area (Å²) in [5, 5.41) is 2.77. The third kappa shape index (κ3) is 4.12. The molecule has 0 radical (unpaired) electrons. The zero-order chi connectivity index (χ0) is 20.1. The first-order chi connectivity index (χ1) is 13.6. The number of hydrogen-bond donors (Lipinski definition) is 1. The van der Waals surface area contributed by atoms with E-state index in [0.717, 1.165) is 19.6 Å². The van der Waals surface area contributed by atoms with E-state index in [9.17, 15) is 9.59 Å². The first-order valence-corrected chi connectivity index (χ1v) is 9.18. The molecular formula is C20H25N3O5. The number of carbonyl (C=O) groups excluding carboxylic acids is 2. The molecule has 2 amide bonds. The Morgan fingerprint density at radius 2 is 1.86 bits per heavy atom. The number of likely N-dealkylation sites (N-methyl/N-ethyl adjacent to an activating group) is 1. The summed E-state index contributed by atoms with van der Waals surface area (Å²) in [5.41, 5.74) is 1.17. The van der Waals surface area contributed by atoms with Crippen molar-refractivity contribution >= 4 is 17.5 Å². The molecule has 1 aliphatic rings. The highest BCUT2D eigenvalue weighted by molar-refractivity contribution is 6.06. The molecule has 1 saturated heterocycles. The number of benzene rings is 1. The van der Waals surface area contributed by atoms with Crippen LogP contribution in [-0.2, 0) is 0 Å². The van der Waals surface area contributed by atoms with E-state index in [-0.39, 0.29) is 11.8 Å². The van der Waals surface area contributed by atoms with Crippen molar-refractivity contribution in [1.29, 1.82) is 0 Å². The van der Waals surface area contributed by atoms with Gasteiger partial charge in [0.2, 0.25) is 0 Å². The lowest BCUT2D eigenvalue weighted by atomic mass is 10.1. The van der Waals surface area contributed by atoms with Crippen LogP contribution in [0, 0.1) is 0 Å². The van der Waals surface area contributed by atoms with Crippen LogP contribution < -0.4 is 14.8 Å². The van der Waals surface area contributed by atoms with Gasteiger partial charge < -0.3 is 29.0 Å². The molecule has 0 aliphatic carbocycles. The number of hydrogen-bond acceptors (Lipinski definition) is 6. The summed E-state index contributed by atoms with van der Waals surface area (Å²) in [6.07, 6.45) is 2.77. The lowest BCUT2D eigenvalue weighted by molar-refractivity contribution is 0.0643. The molecule has 0 atom stereocenters. The van der Waals surface area contributed by atoms with Crippen molar-refractivity contribution < 1.29 is 23.5 Å². The summed E-state index contributed by atoms with van der Waals surface area (Å²) in [6, 6.07) is 4.82. The van der Waals surface area contributed by atoms with Crippen molar-refractivity contribution in [3.05, 3.63) is 41.9 Å². The molecule has 2 aromatic rings. The van der Waals surface area contributed by atoms with Gasteiger partial charge in [-0.25, -0.2) is 0 Å². The molecular weight excluding hydrogens is 362 g/mol. The van der Waals surface area contributed by atoms with Crippen molar-refractivity contribution in [2.24, 2.45) is 0 Å². The Bertz CT molecular complexity index is 827. The van der Waals surface area contributed by atoms with E-state index in [1.54, 1.807) is 18.2 Å². The molecule has 1 aromatic heterocycles. The molecule has 0 spiro atoms. The number of nitrogens with one attached hydrogen (secondary N) is 1. The molecule has 1 aliphatic heterocycles. The number of furan rings is 1. The maximum atomic E-state index is 13.0. The zero-order valence-electron chi connectivity index (χ0n) is 16.4. The maximum Gasteiger partial charge on any atom is 0.259 e. The van der Waals surface area contributed by atoms with Gasteiger partial charge in [0.05, 0.1) is 31.7 Å². The average Bonchev–Trinajstić information content (AvgIpc) is 3.27. The van der Waals surface area contributed by atoms with Crippen LogP contribution in [0.4, 0.5) is 5.69 Å². The van der Waals surface area contributed by atoms with Crippen molar-refractivity contribution in [2.75, 3.05) is 52.3 Å². The standard InChI is InChI=1S/C20H25N3O5/c1-4-22-6-8-23(9-7-22)20(25)15-11-16(18(27-3)17(12-15)26-2)21-19(24)14-5-10-28-13-14/h5,10-13H,4,6-9H2,1-3H3,(H,21,24). The van der Waals surface area contributed by atoms with Crippen LogP contribution in [0.3, 0.4) is 0 Å². The molecule has 28 heavy (non-hydrogen) atoms. The Morgan fingerprint density at radius 1 is 1.11 bits per heavy atom. The van der Waals surface area contributed by atoms with Gasteiger partial charge in [0.25, 0.3) is 11.8 Å². The topological polar surface area (TPSA) is 84.2 Å². The lowest BCUT2D eigenvalue weighted by Gasteiger charge is -2.34. The quantitative estimate of drug-likeness (QED) is 0.819. The van der Waals surface area contributed by atoms with Gasteiger partial charge in [0, 0.05) is 31.7 Å². The van der Waals surface area contributed by atoms with Crippen LogP contribution in [0.25, 0.3) is 0 Å². The predicted molar refractivity (Wildman–Crippen MR) is 104 cm³/mol. The molecule has 8 heteroatoms. The van der Waals surface area contributed by atoms with Crippen molar-refractivity contribution in [1.82, 2.24) is 9.80 Å². The Balaban J connectivity index is 1.87. The van der Waals surface area contributed by atoms with Crippen LogP contribution in [0.15, 0.2) is 35.1 Å². The lowest BCUT2D eigenvalue weighted by Crippen LogP contribution is -2.48. The molecule has 3 rings (SSSR count). The molecule has 8 nitrogen and oxygen atoms in total. The first-order valence-electron chi connectivity index (χ1n) is 9.18. The number of anilines is 1. The Labute approximate surface area is 164 Å². The van der Waals surface area contributed by atoms with E-state index in [0.29, 0.717) is 41.4 Å². The molecule has 0 saturated carbocycles. The van der Waals surface area contributed by atoms with E-state index in [1.165, 1.54) is 26.7 Å². The second-order valence-electron chi connectivity index (χ2n) is 6.45. The van der Waals surface area contributed by atoms with Gasteiger partial charge in [0.15, 0.2) is 11.5 Å². The minimum atomic E-state index is -0.365. The zero-order valence-corrected chi connectivity index (χ0v) is 16.4. The SMILES string of the molecule is CCN1CCN(C(=O)c2cc(NC(=O)c3ccoc3)c(OC)c(OC)c2)CC1. The number of piperazine rings is 1. The number of methoxy groups -OCH3 is 2. The summed E-state index contributed by atoms with van der Waals surface area (Å²) in [7, 11) is 2.98. The second-order valence-corrected chi connectivity index (χ2v) is 6.45. The minimum Gasteiger partial charge on any atom is -0.493 e. The molecule has 1 fully saturated rings. The smallest absolute Gasteiger partial charge is 0.259 e. The molecule has 150 valence electrons. The summed E-state index contributed by atoms with van der Waals surface area (Å²) in [5.74, 6) is 0.264. The highest BCUT2D eigenvalue weighted by Gasteiger charge is 2.24. The van der Waals surface area contributed by atoms with Gasteiger partial charge in [-0.15, -0.1) is 0 Å². The Hall–Kier alpha value is -3.00. The molecule has 0 bridgehead atoms. The normalized spacial score (nSPS) is 14.6. The summed E-state index contributed by atoms with van der Waals surface area (Å²) in [4.78, 5) is 29.6. The Kier molecular flexibility index (Phi) is 6.20. The van der Waals surface area contributed by atoms with Crippen LogP contribution in [-0.4, -0.2) is 68.6 Å². The Morgan fingerprint density at radius 3 is 2.43 bits per heavy atom. The van der Waals surface area contributed by atoms with Gasteiger partial charge in [-0.1, -0.05) is 6.92 Å².